The summed E-state index contributed by atoms with van der Waals surface area (Å²) >= 11 is 0. The molecule has 4 heteroatoms. The van der Waals surface area contributed by atoms with Gasteiger partial charge in [-0.3, -0.25) is 4.79 Å². The number of ether oxygens (including phenoxy) is 1. The van der Waals surface area contributed by atoms with Gasteiger partial charge in [-0.2, -0.15) is 0 Å². The van der Waals surface area contributed by atoms with Crippen molar-refractivity contribution >= 4 is 5.91 Å². The first-order valence-corrected chi connectivity index (χ1v) is 6.08. The van der Waals surface area contributed by atoms with E-state index in [0.717, 1.165) is 5.56 Å². The number of rotatable bonds is 6. The summed E-state index contributed by atoms with van der Waals surface area (Å²) in [6.07, 6.45) is 0. The molecule has 18 heavy (non-hydrogen) atoms. The van der Waals surface area contributed by atoms with Crippen molar-refractivity contribution in [2.75, 3.05) is 13.7 Å². The number of aliphatic hydroxyl groups is 1. The maximum Gasteiger partial charge on any atom is 0.251 e. The number of amides is 1. The predicted molar refractivity (Wildman–Crippen MR) is 70.3 cm³/mol. The summed E-state index contributed by atoms with van der Waals surface area (Å²) < 4.78 is 5.01. The molecule has 1 aromatic rings. The highest BCUT2D eigenvalue weighted by Crippen LogP contribution is 2.07. The lowest BCUT2D eigenvalue weighted by Gasteiger charge is -2.19. The van der Waals surface area contributed by atoms with Crippen LogP contribution >= 0.6 is 0 Å². The van der Waals surface area contributed by atoms with Crippen molar-refractivity contribution < 1.29 is 14.6 Å². The van der Waals surface area contributed by atoms with E-state index in [0.29, 0.717) is 12.2 Å². The molecule has 0 heterocycles. The molecule has 0 aliphatic carbocycles. The van der Waals surface area contributed by atoms with Crippen LogP contribution in [0, 0.1) is 5.92 Å². The van der Waals surface area contributed by atoms with Gasteiger partial charge in [0.15, 0.2) is 0 Å². The van der Waals surface area contributed by atoms with Crippen LogP contribution in [-0.4, -0.2) is 30.8 Å². The fourth-order valence-electron chi connectivity index (χ4n) is 1.59. The number of hydrogen-bond acceptors (Lipinski definition) is 3. The summed E-state index contributed by atoms with van der Waals surface area (Å²) in [6, 6.07) is 7.04. The van der Waals surface area contributed by atoms with E-state index < -0.39 is 0 Å². The topological polar surface area (TPSA) is 58.6 Å². The third-order valence-electron chi connectivity index (χ3n) is 2.85. The zero-order chi connectivity index (χ0) is 13.5. The number of methoxy groups -OCH3 is 1. The molecule has 0 aliphatic rings. The number of benzene rings is 1. The molecule has 1 amide bonds. The third-order valence-corrected chi connectivity index (χ3v) is 2.85. The second-order valence-corrected chi connectivity index (χ2v) is 4.64. The van der Waals surface area contributed by atoms with Crippen molar-refractivity contribution in [3.8, 4) is 0 Å². The molecule has 0 fully saturated rings. The van der Waals surface area contributed by atoms with Gasteiger partial charge in [-0.15, -0.1) is 0 Å². The number of aliphatic hydroxyl groups excluding tert-OH is 1. The molecular weight excluding hydrogens is 230 g/mol. The van der Waals surface area contributed by atoms with E-state index in [1.807, 2.05) is 26.0 Å². The van der Waals surface area contributed by atoms with Crippen LogP contribution in [0.1, 0.15) is 29.8 Å². The zero-order valence-electron chi connectivity index (χ0n) is 11.1. The summed E-state index contributed by atoms with van der Waals surface area (Å²) in [5, 5.41) is 12.0. The first-order valence-electron chi connectivity index (χ1n) is 6.08. The molecule has 2 N–H and O–H groups in total. The molecule has 4 nitrogen and oxygen atoms in total. The monoisotopic (exact) mass is 251 g/mol. The zero-order valence-corrected chi connectivity index (χ0v) is 11.1. The summed E-state index contributed by atoms with van der Waals surface area (Å²) in [4.78, 5) is 11.9. The number of carbonyl (C=O) groups excluding carboxylic acids is 1. The van der Waals surface area contributed by atoms with Gasteiger partial charge in [-0.25, -0.2) is 0 Å². The number of nitrogens with one attached hydrogen (secondary N) is 1. The van der Waals surface area contributed by atoms with Crippen LogP contribution in [0.5, 0.6) is 0 Å². The maximum atomic E-state index is 11.9. The van der Waals surface area contributed by atoms with Crippen molar-refractivity contribution in [2.45, 2.75) is 26.5 Å². The van der Waals surface area contributed by atoms with Crippen molar-refractivity contribution in [3.63, 3.8) is 0 Å². The first kappa shape index (κ1) is 14.7. The normalized spacial score (nSPS) is 12.5. The van der Waals surface area contributed by atoms with Gasteiger partial charge in [-0.1, -0.05) is 26.0 Å². The highest BCUT2D eigenvalue weighted by molar-refractivity contribution is 5.94. The van der Waals surface area contributed by atoms with Gasteiger partial charge >= 0.3 is 0 Å². The second kappa shape index (κ2) is 7.13. The summed E-state index contributed by atoms with van der Waals surface area (Å²) in [6.45, 7) is 4.41. The molecule has 0 aliphatic heterocycles. The van der Waals surface area contributed by atoms with Crippen LogP contribution in [0.25, 0.3) is 0 Å². The predicted octanol–water partition coefficient (Wildman–Crippen LogP) is 1.58. The molecule has 0 radical (unpaired) electrons. The minimum Gasteiger partial charge on any atom is -0.394 e. The molecule has 1 aromatic carbocycles. The van der Waals surface area contributed by atoms with Crippen LogP contribution in [0.2, 0.25) is 0 Å². The summed E-state index contributed by atoms with van der Waals surface area (Å²) in [7, 11) is 1.63. The summed E-state index contributed by atoms with van der Waals surface area (Å²) in [5.41, 5.74) is 1.62. The Kier molecular flexibility index (Phi) is 5.82. The molecule has 0 spiro atoms. The highest BCUT2D eigenvalue weighted by Gasteiger charge is 2.15. The Hall–Kier alpha value is -1.39. The molecule has 0 saturated carbocycles. The van der Waals surface area contributed by atoms with Gasteiger partial charge in [0, 0.05) is 12.7 Å². The Labute approximate surface area is 108 Å². The minimum absolute atomic E-state index is 0.0504. The molecule has 0 bridgehead atoms. The standard InChI is InChI=1S/C14H21NO3/c1-10(2)13(8-16)15-14(17)12-6-4-11(5-7-12)9-18-3/h4-7,10,13,16H,8-9H2,1-3H3,(H,15,17)/t13-/m1/s1. The van der Waals surface area contributed by atoms with E-state index in [1.54, 1.807) is 19.2 Å². The number of hydrogen-bond donors (Lipinski definition) is 2. The van der Waals surface area contributed by atoms with Crippen LogP contribution in [0.15, 0.2) is 24.3 Å². The highest BCUT2D eigenvalue weighted by atomic mass is 16.5. The lowest BCUT2D eigenvalue weighted by atomic mass is 10.0. The average molecular weight is 251 g/mol. The van der Waals surface area contributed by atoms with Crippen LogP contribution in [0.4, 0.5) is 0 Å². The van der Waals surface area contributed by atoms with Gasteiger partial charge < -0.3 is 15.2 Å². The minimum atomic E-state index is -0.212. The third kappa shape index (κ3) is 4.13. The van der Waals surface area contributed by atoms with Gasteiger partial charge in [0.25, 0.3) is 5.91 Å². The van der Waals surface area contributed by atoms with E-state index in [4.69, 9.17) is 4.74 Å². The van der Waals surface area contributed by atoms with Gasteiger partial charge in [0.05, 0.1) is 19.3 Å². The Balaban J connectivity index is 2.66. The Bertz CT molecular complexity index is 373. The second-order valence-electron chi connectivity index (χ2n) is 4.64. The van der Waals surface area contributed by atoms with E-state index >= 15 is 0 Å². The van der Waals surface area contributed by atoms with Crippen LogP contribution in [-0.2, 0) is 11.3 Å². The van der Waals surface area contributed by atoms with Crippen molar-refractivity contribution in [1.29, 1.82) is 0 Å². The lowest BCUT2D eigenvalue weighted by molar-refractivity contribution is 0.0897. The Morgan fingerprint density at radius 1 is 1.33 bits per heavy atom. The molecule has 0 unspecified atom stereocenters. The lowest BCUT2D eigenvalue weighted by Crippen LogP contribution is -2.41. The van der Waals surface area contributed by atoms with Gasteiger partial charge in [0.1, 0.15) is 0 Å². The average Bonchev–Trinajstić information content (AvgIpc) is 2.36. The van der Waals surface area contributed by atoms with Crippen molar-refractivity contribution in [2.24, 2.45) is 5.92 Å². The molecule has 1 atom stereocenters. The van der Waals surface area contributed by atoms with E-state index in [1.165, 1.54) is 0 Å². The number of carbonyl (C=O) groups is 1. The SMILES string of the molecule is COCc1ccc(C(=O)N[C@H](CO)C(C)C)cc1. The fourth-order valence-corrected chi connectivity index (χ4v) is 1.59. The van der Waals surface area contributed by atoms with Crippen LogP contribution < -0.4 is 5.32 Å². The Morgan fingerprint density at radius 3 is 2.39 bits per heavy atom. The Morgan fingerprint density at radius 2 is 1.94 bits per heavy atom. The van der Waals surface area contributed by atoms with Crippen molar-refractivity contribution in [1.82, 2.24) is 5.32 Å². The maximum absolute atomic E-state index is 11.9. The van der Waals surface area contributed by atoms with E-state index in [2.05, 4.69) is 5.32 Å². The fraction of sp³-hybridized carbons (Fsp3) is 0.500. The quantitative estimate of drug-likeness (QED) is 0.807. The first-order chi connectivity index (χ1) is 8.58. The van der Waals surface area contributed by atoms with Gasteiger partial charge in [-0.05, 0) is 23.6 Å². The summed E-state index contributed by atoms with van der Waals surface area (Å²) in [5.74, 6) is 0.0402. The van der Waals surface area contributed by atoms with Gasteiger partial charge in [0.2, 0.25) is 0 Å². The van der Waals surface area contributed by atoms with E-state index in [9.17, 15) is 9.90 Å². The molecule has 100 valence electrons. The molecular formula is C14H21NO3. The van der Waals surface area contributed by atoms with Crippen LogP contribution in [0.3, 0.4) is 0 Å². The molecule has 1 rings (SSSR count). The molecule has 0 saturated heterocycles. The smallest absolute Gasteiger partial charge is 0.251 e. The molecule has 0 aromatic heterocycles. The van der Waals surface area contributed by atoms with Crippen molar-refractivity contribution in [3.05, 3.63) is 35.4 Å². The van der Waals surface area contributed by atoms with E-state index in [-0.39, 0.29) is 24.5 Å². The largest absolute Gasteiger partial charge is 0.394 e.